The Kier molecular flexibility index (Phi) is 4.73. The first kappa shape index (κ1) is 14.9. The molecule has 0 bridgehead atoms. The van der Waals surface area contributed by atoms with Crippen molar-refractivity contribution in [3.05, 3.63) is 45.8 Å². The van der Waals surface area contributed by atoms with E-state index in [1.54, 1.807) is 12.1 Å². The highest BCUT2D eigenvalue weighted by molar-refractivity contribution is 6.39. The summed E-state index contributed by atoms with van der Waals surface area (Å²) in [5.41, 5.74) is 2.43. The summed E-state index contributed by atoms with van der Waals surface area (Å²) in [6.45, 7) is 2.05. The summed E-state index contributed by atoms with van der Waals surface area (Å²) >= 11 is 12.5. The van der Waals surface area contributed by atoms with Gasteiger partial charge in [0, 0.05) is 31.4 Å². The fraction of sp³-hybridized carbons (Fsp3) is 0.267. The van der Waals surface area contributed by atoms with E-state index in [0.717, 1.165) is 23.3 Å². The third kappa shape index (κ3) is 3.00. The fourth-order valence-corrected chi connectivity index (χ4v) is 2.51. The van der Waals surface area contributed by atoms with Gasteiger partial charge in [0.05, 0.1) is 10.0 Å². The lowest BCUT2D eigenvalue weighted by molar-refractivity contribution is 0.413. The number of rotatable bonds is 4. The second kappa shape index (κ2) is 6.33. The molecule has 0 saturated carbocycles. The molecule has 0 radical (unpaired) electrons. The second-order valence-corrected chi connectivity index (χ2v) is 5.42. The second-order valence-electron chi connectivity index (χ2n) is 4.60. The van der Waals surface area contributed by atoms with Gasteiger partial charge in [-0.25, -0.2) is 0 Å². The minimum atomic E-state index is 0.573. The molecule has 3 nitrogen and oxygen atoms in total. The average Bonchev–Trinajstić information content (AvgIpc) is 2.79. The first-order valence-corrected chi connectivity index (χ1v) is 7.07. The van der Waals surface area contributed by atoms with Crippen LogP contribution in [0.2, 0.25) is 10.0 Å². The Morgan fingerprint density at radius 1 is 1.25 bits per heavy atom. The first-order valence-electron chi connectivity index (χ1n) is 6.32. The number of nitrogens with zero attached hydrogens (tertiary/aromatic N) is 2. The van der Waals surface area contributed by atoms with Gasteiger partial charge in [-0.05, 0) is 24.6 Å². The number of hydrogen-bond donors (Lipinski definition) is 0. The zero-order valence-corrected chi connectivity index (χ0v) is 13.2. The third-order valence-electron chi connectivity index (χ3n) is 2.90. The van der Waals surface area contributed by atoms with Crippen LogP contribution in [0.1, 0.15) is 18.2 Å². The highest BCUT2D eigenvalue weighted by atomic mass is 35.5. The van der Waals surface area contributed by atoms with Gasteiger partial charge in [0.25, 0.3) is 0 Å². The molecular formula is C15H16Cl2N2O. The topological polar surface area (TPSA) is 29.3 Å². The Morgan fingerprint density at radius 2 is 1.90 bits per heavy atom. The van der Waals surface area contributed by atoms with Crippen molar-refractivity contribution in [2.45, 2.75) is 13.3 Å². The molecule has 5 heteroatoms. The fourth-order valence-electron chi connectivity index (χ4n) is 1.93. The van der Waals surface area contributed by atoms with E-state index in [0.29, 0.717) is 15.7 Å². The lowest BCUT2D eigenvalue weighted by atomic mass is 10.0. The van der Waals surface area contributed by atoms with Crippen LogP contribution in [0.3, 0.4) is 0 Å². The maximum atomic E-state index is 6.24. The van der Waals surface area contributed by atoms with Gasteiger partial charge in [-0.1, -0.05) is 41.3 Å². The van der Waals surface area contributed by atoms with Gasteiger partial charge in [0.2, 0.25) is 0 Å². The van der Waals surface area contributed by atoms with Crippen LogP contribution in [0.4, 0.5) is 0 Å². The maximum Gasteiger partial charge on any atom is 0.164 e. The smallest absolute Gasteiger partial charge is 0.164 e. The van der Waals surface area contributed by atoms with Crippen molar-refractivity contribution in [2.75, 3.05) is 14.1 Å². The van der Waals surface area contributed by atoms with Crippen molar-refractivity contribution in [1.29, 1.82) is 0 Å². The molecule has 1 aromatic heterocycles. The molecule has 0 aliphatic heterocycles. The quantitative estimate of drug-likeness (QED) is 0.816. The zero-order valence-electron chi connectivity index (χ0n) is 11.7. The van der Waals surface area contributed by atoms with Gasteiger partial charge in [-0.2, -0.15) is 0 Å². The van der Waals surface area contributed by atoms with E-state index in [-0.39, 0.29) is 0 Å². The van der Waals surface area contributed by atoms with Crippen LogP contribution >= 0.6 is 23.2 Å². The van der Waals surface area contributed by atoms with Gasteiger partial charge in [0.15, 0.2) is 5.76 Å². The number of benzene rings is 1. The summed E-state index contributed by atoms with van der Waals surface area (Å²) in [5, 5.41) is 5.29. The molecule has 0 aliphatic rings. The van der Waals surface area contributed by atoms with Gasteiger partial charge < -0.3 is 9.42 Å². The Bertz CT molecular complexity index is 613. The highest BCUT2D eigenvalue weighted by Gasteiger charge is 2.19. The van der Waals surface area contributed by atoms with E-state index < -0.39 is 0 Å². The molecule has 1 aromatic carbocycles. The van der Waals surface area contributed by atoms with Crippen LogP contribution in [0, 0.1) is 0 Å². The minimum Gasteiger partial charge on any atom is -0.383 e. The van der Waals surface area contributed by atoms with Gasteiger partial charge in [-0.15, -0.1) is 0 Å². The number of halogens is 2. The number of aromatic nitrogens is 1. The molecule has 0 amide bonds. The van der Waals surface area contributed by atoms with Crippen LogP contribution in [0.15, 0.2) is 28.9 Å². The predicted octanol–water partition coefficient (Wildman–Crippen LogP) is 4.74. The Morgan fingerprint density at radius 3 is 2.45 bits per heavy atom. The van der Waals surface area contributed by atoms with Crippen molar-refractivity contribution in [2.24, 2.45) is 0 Å². The molecule has 20 heavy (non-hydrogen) atoms. The predicted molar refractivity (Wildman–Crippen MR) is 84.1 cm³/mol. The lowest BCUT2D eigenvalue weighted by Gasteiger charge is -2.05. The molecule has 2 rings (SSSR count). The summed E-state index contributed by atoms with van der Waals surface area (Å²) in [6, 6.07) is 5.41. The van der Waals surface area contributed by atoms with Crippen molar-refractivity contribution in [3.8, 4) is 11.3 Å². The minimum absolute atomic E-state index is 0.573. The van der Waals surface area contributed by atoms with E-state index in [1.807, 2.05) is 44.3 Å². The van der Waals surface area contributed by atoms with Crippen LogP contribution in [-0.2, 0) is 6.42 Å². The van der Waals surface area contributed by atoms with Crippen LogP contribution in [0.5, 0.6) is 0 Å². The van der Waals surface area contributed by atoms with Crippen molar-refractivity contribution in [3.63, 3.8) is 0 Å². The van der Waals surface area contributed by atoms with Crippen LogP contribution < -0.4 is 0 Å². The number of hydrogen-bond acceptors (Lipinski definition) is 3. The molecule has 0 fully saturated rings. The Labute approximate surface area is 128 Å². The van der Waals surface area contributed by atoms with Gasteiger partial charge in [0.1, 0.15) is 5.69 Å². The molecule has 2 aromatic rings. The molecule has 0 spiro atoms. The van der Waals surface area contributed by atoms with Crippen LogP contribution in [-0.4, -0.2) is 24.2 Å². The van der Waals surface area contributed by atoms with Crippen molar-refractivity contribution >= 4 is 29.3 Å². The molecule has 0 aliphatic carbocycles. The third-order valence-corrected chi connectivity index (χ3v) is 3.53. The molecular weight excluding hydrogens is 295 g/mol. The lowest BCUT2D eigenvalue weighted by Crippen LogP contribution is -1.99. The largest absolute Gasteiger partial charge is 0.383 e. The van der Waals surface area contributed by atoms with E-state index in [1.165, 1.54) is 0 Å². The molecule has 0 unspecified atom stereocenters. The van der Waals surface area contributed by atoms with E-state index >= 15 is 0 Å². The summed E-state index contributed by atoms with van der Waals surface area (Å²) in [6.07, 6.45) is 4.59. The summed E-state index contributed by atoms with van der Waals surface area (Å²) in [7, 11) is 3.90. The average molecular weight is 311 g/mol. The first-order chi connectivity index (χ1) is 9.54. The standard InChI is InChI=1S/C15H16Cl2N2O/c1-4-10-13(8-9-19(2)3)20-18-15(10)14-11(16)6-5-7-12(14)17/h5-9H,4H2,1-3H3. The zero-order chi connectivity index (χ0) is 14.7. The van der Waals surface area contributed by atoms with E-state index in [4.69, 9.17) is 27.7 Å². The highest BCUT2D eigenvalue weighted by Crippen LogP contribution is 2.37. The van der Waals surface area contributed by atoms with E-state index in [9.17, 15) is 0 Å². The van der Waals surface area contributed by atoms with Gasteiger partial charge >= 0.3 is 0 Å². The Balaban J connectivity index is 2.53. The normalized spacial score (nSPS) is 11.2. The molecule has 106 valence electrons. The Hall–Kier alpha value is -1.45. The molecule has 0 saturated heterocycles. The molecule has 0 N–H and O–H groups in total. The van der Waals surface area contributed by atoms with E-state index in [2.05, 4.69) is 5.16 Å². The van der Waals surface area contributed by atoms with Crippen LogP contribution in [0.25, 0.3) is 17.3 Å². The SMILES string of the molecule is CCc1c(-c2c(Cl)cccc2Cl)noc1C=CN(C)C. The van der Waals surface area contributed by atoms with Crippen molar-refractivity contribution in [1.82, 2.24) is 10.1 Å². The molecule has 0 atom stereocenters. The maximum absolute atomic E-state index is 6.24. The van der Waals surface area contributed by atoms with Crippen molar-refractivity contribution < 1.29 is 4.52 Å². The van der Waals surface area contributed by atoms with Gasteiger partial charge in [-0.3, -0.25) is 0 Å². The summed E-state index contributed by atoms with van der Waals surface area (Å²) in [5.74, 6) is 0.729. The summed E-state index contributed by atoms with van der Waals surface area (Å²) in [4.78, 5) is 1.93. The molecule has 1 heterocycles. The monoisotopic (exact) mass is 310 g/mol. The summed E-state index contributed by atoms with van der Waals surface area (Å²) < 4.78 is 5.42.